The average molecular weight is 251 g/mol. The van der Waals surface area contributed by atoms with Crippen LogP contribution in [0.3, 0.4) is 0 Å². The predicted molar refractivity (Wildman–Crippen MR) is 64.6 cm³/mol. The zero-order chi connectivity index (χ0) is 10.9. The standard InChI is InChI=1S/C9H14N2O2S.ClH/c1-9(2,3)8(10)6-4-7(11(12)13)14-5-6;/h4-5,8H,10H2,1-3H3;1H/t8-;/m0./s1. The molecule has 1 heterocycles. The summed E-state index contributed by atoms with van der Waals surface area (Å²) in [5.74, 6) is 0. The van der Waals surface area contributed by atoms with Crippen LogP contribution in [-0.2, 0) is 0 Å². The molecule has 4 nitrogen and oxygen atoms in total. The fourth-order valence-electron chi connectivity index (χ4n) is 1.10. The van der Waals surface area contributed by atoms with Crippen molar-refractivity contribution < 1.29 is 4.92 Å². The van der Waals surface area contributed by atoms with Crippen LogP contribution in [0.15, 0.2) is 11.4 Å². The van der Waals surface area contributed by atoms with Gasteiger partial charge in [-0.2, -0.15) is 0 Å². The second-order valence-corrected chi connectivity index (χ2v) is 5.21. The topological polar surface area (TPSA) is 69.2 Å². The molecule has 1 aromatic heterocycles. The van der Waals surface area contributed by atoms with E-state index in [0.717, 1.165) is 16.9 Å². The number of nitro groups is 1. The molecule has 0 aliphatic carbocycles. The SMILES string of the molecule is CC(C)(C)[C@@H](N)c1csc([N+](=O)[O-])c1.Cl. The smallest absolute Gasteiger partial charge is 0.323 e. The third-order valence-corrected chi connectivity index (χ3v) is 2.98. The van der Waals surface area contributed by atoms with Crippen LogP contribution < -0.4 is 5.73 Å². The van der Waals surface area contributed by atoms with Crippen LogP contribution in [0, 0.1) is 15.5 Å². The zero-order valence-corrected chi connectivity index (χ0v) is 10.5. The van der Waals surface area contributed by atoms with Crippen LogP contribution in [0.4, 0.5) is 5.00 Å². The first kappa shape index (κ1) is 14.3. The number of hydrogen-bond donors (Lipinski definition) is 1. The van der Waals surface area contributed by atoms with Gasteiger partial charge in [0.1, 0.15) is 0 Å². The lowest BCUT2D eigenvalue weighted by atomic mass is 9.84. The highest BCUT2D eigenvalue weighted by Gasteiger charge is 2.24. The van der Waals surface area contributed by atoms with Gasteiger partial charge < -0.3 is 5.73 Å². The average Bonchev–Trinajstić information content (AvgIpc) is 2.48. The predicted octanol–water partition coefficient (Wildman–Crippen LogP) is 3.12. The molecule has 0 aliphatic heterocycles. The molecule has 6 heteroatoms. The second-order valence-electron chi connectivity index (χ2n) is 4.32. The van der Waals surface area contributed by atoms with Crippen LogP contribution in [0.1, 0.15) is 32.4 Å². The highest BCUT2D eigenvalue weighted by atomic mass is 35.5. The van der Waals surface area contributed by atoms with Crippen LogP contribution in [0.5, 0.6) is 0 Å². The monoisotopic (exact) mass is 250 g/mol. The Hall–Kier alpha value is -0.650. The maximum Gasteiger partial charge on any atom is 0.324 e. The minimum atomic E-state index is -0.385. The van der Waals surface area contributed by atoms with Gasteiger partial charge in [-0.1, -0.05) is 32.1 Å². The van der Waals surface area contributed by atoms with E-state index < -0.39 is 0 Å². The fraction of sp³-hybridized carbons (Fsp3) is 0.556. The summed E-state index contributed by atoms with van der Waals surface area (Å²) < 4.78 is 0. The van der Waals surface area contributed by atoms with E-state index in [-0.39, 0.29) is 33.8 Å². The molecule has 2 N–H and O–H groups in total. The molecule has 0 aliphatic rings. The number of hydrogen-bond acceptors (Lipinski definition) is 4. The minimum Gasteiger partial charge on any atom is -0.323 e. The number of rotatable bonds is 2. The Morgan fingerprint density at radius 3 is 2.40 bits per heavy atom. The van der Waals surface area contributed by atoms with Crippen molar-refractivity contribution in [1.29, 1.82) is 0 Å². The van der Waals surface area contributed by atoms with E-state index in [9.17, 15) is 10.1 Å². The molecular formula is C9H15ClN2O2S. The molecule has 0 unspecified atom stereocenters. The molecule has 0 radical (unpaired) electrons. The summed E-state index contributed by atoms with van der Waals surface area (Å²) in [5, 5.41) is 12.4. The third-order valence-electron chi connectivity index (χ3n) is 2.08. The van der Waals surface area contributed by atoms with Gasteiger partial charge in [-0.3, -0.25) is 10.1 Å². The van der Waals surface area contributed by atoms with Crippen molar-refractivity contribution >= 4 is 28.7 Å². The Morgan fingerprint density at radius 2 is 2.07 bits per heavy atom. The molecule has 0 saturated heterocycles. The molecule has 0 bridgehead atoms. The molecule has 86 valence electrons. The molecule has 0 aromatic carbocycles. The van der Waals surface area contributed by atoms with Crippen molar-refractivity contribution in [3.8, 4) is 0 Å². The van der Waals surface area contributed by atoms with Gasteiger partial charge >= 0.3 is 5.00 Å². The summed E-state index contributed by atoms with van der Waals surface area (Å²) >= 11 is 1.12. The van der Waals surface area contributed by atoms with E-state index in [4.69, 9.17) is 5.73 Å². The number of thiophene rings is 1. The molecule has 15 heavy (non-hydrogen) atoms. The van der Waals surface area contributed by atoms with E-state index in [1.165, 1.54) is 0 Å². The lowest BCUT2D eigenvalue weighted by Crippen LogP contribution is -2.25. The summed E-state index contributed by atoms with van der Waals surface area (Å²) in [5.41, 5.74) is 6.74. The van der Waals surface area contributed by atoms with Gasteiger partial charge in [0.25, 0.3) is 0 Å². The largest absolute Gasteiger partial charge is 0.324 e. The quantitative estimate of drug-likeness (QED) is 0.648. The maximum absolute atomic E-state index is 10.5. The van der Waals surface area contributed by atoms with Crippen molar-refractivity contribution in [2.24, 2.45) is 11.1 Å². The molecule has 0 fully saturated rings. The van der Waals surface area contributed by atoms with Crippen LogP contribution in [0.2, 0.25) is 0 Å². The summed E-state index contributed by atoms with van der Waals surface area (Å²) in [6, 6.07) is 1.40. The molecule has 1 atom stereocenters. The summed E-state index contributed by atoms with van der Waals surface area (Å²) in [6.07, 6.45) is 0. The van der Waals surface area contributed by atoms with Crippen LogP contribution in [0.25, 0.3) is 0 Å². The second kappa shape index (κ2) is 4.92. The molecule has 1 aromatic rings. The Bertz CT molecular complexity index is 346. The zero-order valence-electron chi connectivity index (χ0n) is 8.89. The first-order chi connectivity index (χ1) is 6.32. The van der Waals surface area contributed by atoms with E-state index in [2.05, 4.69) is 0 Å². The summed E-state index contributed by atoms with van der Waals surface area (Å²) in [4.78, 5) is 10.1. The summed E-state index contributed by atoms with van der Waals surface area (Å²) in [7, 11) is 0. The van der Waals surface area contributed by atoms with Gasteiger partial charge in [0.15, 0.2) is 0 Å². The number of nitrogens with two attached hydrogens (primary N) is 1. The first-order valence-electron chi connectivity index (χ1n) is 4.31. The lowest BCUT2D eigenvalue weighted by molar-refractivity contribution is -0.380. The molecule has 0 spiro atoms. The maximum atomic E-state index is 10.5. The first-order valence-corrected chi connectivity index (χ1v) is 5.18. The Kier molecular flexibility index (Phi) is 4.70. The number of halogens is 1. The van der Waals surface area contributed by atoms with Crippen molar-refractivity contribution in [1.82, 2.24) is 0 Å². The van der Waals surface area contributed by atoms with Crippen molar-refractivity contribution in [3.63, 3.8) is 0 Å². The van der Waals surface area contributed by atoms with E-state index in [0.29, 0.717) is 0 Å². The fourth-order valence-corrected chi connectivity index (χ4v) is 1.86. The van der Waals surface area contributed by atoms with Gasteiger partial charge in [0.2, 0.25) is 0 Å². The lowest BCUT2D eigenvalue weighted by Gasteiger charge is -2.26. The van der Waals surface area contributed by atoms with Gasteiger partial charge in [0.05, 0.1) is 4.92 Å². The minimum absolute atomic E-state index is 0. The molecule has 0 amide bonds. The van der Waals surface area contributed by atoms with Gasteiger partial charge in [-0.15, -0.1) is 12.4 Å². The normalized spacial score (nSPS) is 13.1. The van der Waals surface area contributed by atoms with Gasteiger partial charge in [-0.05, 0) is 11.0 Å². The summed E-state index contributed by atoms with van der Waals surface area (Å²) in [6.45, 7) is 6.05. The molecular weight excluding hydrogens is 236 g/mol. The molecule has 0 saturated carbocycles. The van der Waals surface area contributed by atoms with Crippen molar-refractivity contribution in [2.45, 2.75) is 26.8 Å². The van der Waals surface area contributed by atoms with Crippen molar-refractivity contribution in [3.05, 3.63) is 27.1 Å². The van der Waals surface area contributed by atoms with E-state index in [1.54, 1.807) is 11.4 Å². The highest BCUT2D eigenvalue weighted by molar-refractivity contribution is 7.13. The van der Waals surface area contributed by atoms with Gasteiger partial charge in [-0.25, -0.2) is 0 Å². The van der Waals surface area contributed by atoms with Crippen LogP contribution >= 0.6 is 23.7 Å². The Balaban J connectivity index is 0.00000196. The number of nitrogens with zero attached hydrogens (tertiary/aromatic N) is 1. The Labute approximate surface area is 99.0 Å². The third kappa shape index (κ3) is 3.44. The van der Waals surface area contributed by atoms with Crippen molar-refractivity contribution in [2.75, 3.05) is 0 Å². The van der Waals surface area contributed by atoms with Crippen LogP contribution in [-0.4, -0.2) is 4.92 Å². The Morgan fingerprint density at radius 1 is 1.53 bits per heavy atom. The van der Waals surface area contributed by atoms with Gasteiger partial charge in [0, 0.05) is 17.5 Å². The molecule has 1 rings (SSSR count). The van der Waals surface area contributed by atoms with E-state index in [1.807, 2.05) is 20.8 Å². The van der Waals surface area contributed by atoms with E-state index >= 15 is 0 Å². The highest BCUT2D eigenvalue weighted by Crippen LogP contribution is 2.34.